The monoisotopic (exact) mass is 164 g/mol. The lowest BCUT2D eigenvalue weighted by Crippen LogP contribution is -2.25. The van der Waals surface area contributed by atoms with Gasteiger partial charge in [-0.2, -0.15) is 0 Å². The van der Waals surface area contributed by atoms with Crippen molar-refractivity contribution in [2.24, 2.45) is 11.8 Å². The maximum absolute atomic E-state index is 2.39. The van der Waals surface area contributed by atoms with Crippen LogP contribution >= 0.6 is 0 Å². The summed E-state index contributed by atoms with van der Waals surface area (Å²) < 4.78 is 0. The van der Waals surface area contributed by atoms with Crippen LogP contribution in [0.1, 0.15) is 51.9 Å². The van der Waals surface area contributed by atoms with Crippen molar-refractivity contribution in [2.45, 2.75) is 51.9 Å². The van der Waals surface area contributed by atoms with E-state index in [1.165, 1.54) is 44.9 Å². The Morgan fingerprint density at radius 3 is 2.67 bits per heavy atom. The van der Waals surface area contributed by atoms with Crippen molar-refractivity contribution in [3.8, 4) is 0 Å². The van der Waals surface area contributed by atoms with Gasteiger partial charge in [0.15, 0.2) is 0 Å². The van der Waals surface area contributed by atoms with Gasteiger partial charge < -0.3 is 0 Å². The predicted octanol–water partition coefficient (Wildman–Crippen LogP) is 3.92. The van der Waals surface area contributed by atoms with E-state index in [0.717, 1.165) is 11.8 Å². The van der Waals surface area contributed by atoms with Crippen LogP contribution in [0.25, 0.3) is 0 Å². The second kappa shape index (κ2) is 3.64. The number of hydrogen-bond acceptors (Lipinski definition) is 0. The summed E-state index contributed by atoms with van der Waals surface area (Å²) in [6.07, 6.45) is 12.8. The fourth-order valence-electron chi connectivity index (χ4n) is 3.15. The summed E-state index contributed by atoms with van der Waals surface area (Å²) in [5.41, 5.74) is 1.78. The van der Waals surface area contributed by atoms with Crippen LogP contribution in [0.4, 0.5) is 0 Å². The third-order valence-corrected chi connectivity index (χ3v) is 3.80. The molecule has 0 amide bonds. The number of hydrogen-bond donors (Lipinski definition) is 0. The Balaban J connectivity index is 2.09. The molecule has 0 aliphatic heterocycles. The average molecular weight is 164 g/mol. The first-order chi connectivity index (χ1) is 5.92. The predicted molar refractivity (Wildman–Crippen MR) is 53.1 cm³/mol. The zero-order chi connectivity index (χ0) is 8.39. The van der Waals surface area contributed by atoms with Gasteiger partial charge in [-0.25, -0.2) is 0 Å². The standard InChI is InChI=1S/C12H20/c1-2-10-7-5-8-11-6-3-4-9-12(10)11/h2,11-12H,3-9H2,1H3. The summed E-state index contributed by atoms with van der Waals surface area (Å²) >= 11 is 0. The highest BCUT2D eigenvalue weighted by molar-refractivity contribution is 5.10. The second-order valence-electron chi connectivity index (χ2n) is 4.41. The molecule has 68 valence electrons. The SMILES string of the molecule is CC=C1CCCC2CCCCC12. The third-order valence-electron chi connectivity index (χ3n) is 3.80. The molecule has 0 heterocycles. The second-order valence-corrected chi connectivity index (χ2v) is 4.41. The first-order valence-electron chi connectivity index (χ1n) is 5.57. The molecule has 0 heteroatoms. The molecule has 2 unspecified atom stereocenters. The topological polar surface area (TPSA) is 0 Å². The van der Waals surface area contributed by atoms with Crippen molar-refractivity contribution < 1.29 is 0 Å². The summed E-state index contributed by atoms with van der Waals surface area (Å²) in [5, 5.41) is 0. The minimum Gasteiger partial charge on any atom is -0.0882 e. The molecule has 2 aliphatic carbocycles. The molecule has 0 aromatic carbocycles. The van der Waals surface area contributed by atoms with Gasteiger partial charge >= 0.3 is 0 Å². The number of allylic oxidation sites excluding steroid dienone is 2. The van der Waals surface area contributed by atoms with E-state index in [-0.39, 0.29) is 0 Å². The molecule has 2 aliphatic rings. The van der Waals surface area contributed by atoms with E-state index in [1.54, 1.807) is 5.57 Å². The molecule has 0 aromatic rings. The normalized spacial score (nSPS) is 39.6. The number of rotatable bonds is 0. The first-order valence-corrected chi connectivity index (χ1v) is 5.57. The smallest absolute Gasteiger partial charge is 0.0175 e. The molecule has 2 rings (SSSR count). The number of fused-ring (bicyclic) bond motifs is 1. The van der Waals surface area contributed by atoms with Crippen LogP contribution in [0, 0.1) is 11.8 Å². The average Bonchev–Trinajstić information content (AvgIpc) is 2.17. The Morgan fingerprint density at radius 2 is 1.83 bits per heavy atom. The van der Waals surface area contributed by atoms with Crippen molar-refractivity contribution in [3.05, 3.63) is 11.6 Å². The zero-order valence-corrected chi connectivity index (χ0v) is 8.18. The van der Waals surface area contributed by atoms with E-state index in [2.05, 4.69) is 13.0 Å². The van der Waals surface area contributed by atoms with Gasteiger partial charge in [-0.3, -0.25) is 0 Å². The Hall–Kier alpha value is -0.260. The van der Waals surface area contributed by atoms with Gasteiger partial charge in [-0.1, -0.05) is 24.5 Å². The molecule has 2 atom stereocenters. The van der Waals surface area contributed by atoms with Gasteiger partial charge in [0.25, 0.3) is 0 Å². The molecular weight excluding hydrogens is 144 g/mol. The van der Waals surface area contributed by atoms with Crippen LogP contribution in [0.3, 0.4) is 0 Å². The first kappa shape index (κ1) is 8.34. The molecule has 0 N–H and O–H groups in total. The van der Waals surface area contributed by atoms with Crippen molar-refractivity contribution in [1.29, 1.82) is 0 Å². The van der Waals surface area contributed by atoms with Gasteiger partial charge in [0.05, 0.1) is 0 Å². The van der Waals surface area contributed by atoms with Crippen molar-refractivity contribution >= 4 is 0 Å². The van der Waals surface area contributed by atoms with Crippen LogP contribution in [0.15, 0.2) is 11.6 Å². The highest BCUT2D eigenvalue weighted by atomic mass is 14.3. The maximum Gasteiger partial charge on any atom is -0.0175 e. The summed E-state index contributed by atoms with van der Waals surface area (Å²) in [6, 6.07) is 0. The van der Waals surface area contributed by atoms with Crippen LogP contribution < -0.4 is 0 Å². The molecule has 0 nitrogen and oxygen atoms in total. The van der Waals surface area contributed by atoms with E-state index < -0.39 is 0 Å². The third kappa shape index (κ3) is 1.44. The lowest BCUT2D eigenvalue weighted by molar-refractivity contribution is 0.223. The van der Waals surface area contributed by atoms with E-state index in [9.17, 15) is 0 Å². The van der Waals surface area contributed by atoms with E-state index in [1.807, 2.05) is 0 Å². The van der Waals surface area contributed by atoms with Crippen LogP contribution in [-0.2, 0) is 0 Å². The Labute approximate surface area is 76.1 Å². The summed E-state index contributed by atoms with van der Waals surface area (Å²) in [5.74, 6) is 2.07. The molecule has 0 saturated heterocycles. The fraction of sp³-hybridized carbons (Fsp3) is 0.833. The van der Waals surface area contributed by atoms with Gasteiger partial charge in [0.2, 0.25) is 0 Å². The quantitative estimate of drug-likeness (QED) is 0.476. The summed E-state index contributed by atoms with van der Waals surface area (Å²) in [4.78, 5) is 0. The van der Waals surface area contributed by atoms with Gasteiger partial charge in [0.1, 0.15) is 0 Å². The molecule has 2 fully saturated rings. The fourth-order valence-corrected chi connectivity index (χ4v) is 3.15. The minimum atomic E-state index is 0.998. The van der Waals surface area contributed by atoms with Crippen LogP contribution in [0.5, 0.6) is 0 Å². The van der Waals surface area contributed by atoms with Crippen LogP contribution in [-0.4, -0.2) is 0 Å². The molecular formula is C12H20. The van der Waals surface area contributed by atoms with Gasteiger partial charge in [-0.05, 0) is 50.9 Å². The van der Waals surface area contributed by atoms with E-state index >= 15 is 0 Å². The lowest BCUT2D eigenvalue weighted by atomic mass is 9.68. The van der Waals surface area contributed by atoms with Crippen molar-refractivity contribution in [2.75, 3.05) is 0 Å². The molecule has 0 radical (unpaired) electrons. The summed E-state index contributed by atoms with van der Waals surface area (Å²) in [6.45, 7) is 2.23. The maximum atomic E-state index is 2.39. The largest absolute Gasteiger partial charge is 0.0882 e. The molecule has 0 aromatic heterocycles. The zero-order valence-electron chi connectivity index (χ0n) is 8.18. The Morgan fingerprint density at radius 1 is 1.08 bits per heavy atom. The highest BCUT2D eigenvalue weighted by Crippen LogP contribution is 2.43. The Bertz CT molecular complexity index is 176. The molecule has 12 heavy (non-hydrogen) atoms. The Kier molecular flexibility index (Phi) is 2.53. The summed E-state index contributed by atoms with van der Waals surface area (Å²) in [7, 11) is 0. The molecule has 2 saturated carbocycles. The van der Waals surface area contributed by atoms with Gasteiger partial charge in [0, 0.05) is 0 Å². The lowest BCUT2D eigenvalue weighted by Gasteiger charge is -2.37. The molecule has 0 bridgehead atoms. The van der Waals surface area contributed by atoms with Gasteiger partial charge in [-0.15, -0.1) is 0 Å². The van der Waals surface area contributed by atoms with Crippen LogP contribution in [0.2, 0.25) is 0 Å². The van der Waals surface area contributed by atoms with E-state index in [4.69, 9.17) is 0 Å². The minimum absolute atomic E-state index is 0.998. The van der Waals surface area contributed by atoms with E-state index in [0.29, 0.717) is 0 Å². The molecule has 0 spiro atoms. The van der Waals surface area contributed by atoms with Crippen molar-refractivity contribution in [1.82, 2.24) is 0 Å². The van der Waals surface area contributed by atoms with Crippen molar-refractivity contribution in [3.63, 3.8) is 0 Å². The highest BCUT2D eigenvalue weighted by Gasteiger charge is 2.30.